The Morgan fingerprint density at radius 3 is 2.23 bits per heavy atom. The molecule has 0 N–H and O–H groups in total. The third kappa shape index (κ3) is 5.68. The molecule has 0 bridgehead atoms. The van der Waals surface area contributed by atoms with E-state index in [1.54, 1.807) is 0 Å². The van der Waals surface area contributed by atoms with Gasteiger partial charge >= 0.3 is 0 Å². The van der Waals surface area contributed by atoms with E-state index in [0.29, 0.717) is 0 Å². The van der Waals surface area contributed by atoms with Gasteiger partial charge in [-0.1, -0.05) is 58.4 Å². The molecule has 13 heavy (non-hydrogen) atoms. The zero-order chi connectivity index (χ0) is 10.3. The maximum atomic E-state index is 3.75. The molecule has 0 saturated heterocycles. The lowest BCUT2D eigenvalue weighted by Gasteiger charge is -2.15. The standard InChI is InChI=1S/C13H24/c1-6-8-13(7-2)12(5)10-9-11(3)4/h6,8,11-12H,1,7,9-10H2,2-5H3. The molecule has 0 nitrogen and oxygen atoms in total. The third-order valence-corrected chi connectivity index (χ3v) is 2.55. The van der Waals surface area contributed by atoms with Crippen molar-refractivity contribution in [3.63, 3.8) is 0 Å². The zero-order valence-electron chi connectivity index (χ0n) is 9.64. The van der Waals surface area contributed by atoms with E-state index in [4.69, 9.17) is 0 Å². The van der Waals surface area contributed by atoms with E-state index in [9.17, 15) is 0 Å². The number of rotatable bonds is 6. The molecule has 0 amide bonds. The molecule has 0 heterocycles. The summed E-state index contributed by atoms with van der Waals surface area (Å²) in [4.78, 5) is 0. The molecule has 1 atom stereocenters. The van der Waals surface area contributed by atoms with Crippen LogP contribution < -0.4 is 0 Å². The summed E-state index contributed by atoms with van der Waals surface area (Å²) in [6, 6.07) is 0. The van der Waals surface area contributed by atoms with Gasteiger partial charge in [-0.15, -0.1) is 0 Å². The second kappa shape index (κ2) is 6.94. The molecular weight excluding hydrogens is 156 g/mol. The fourth-order valence-corrected chi connectivity index (χ4v) is 1.55. The van der Waals surface area contributed by atoms with Crippen LogP contribution in [0.3, 0.4) is 0 Å². The topological polar surface area (TPSA) is 0 Å². The predicted octanol–water partition coefficient (Wildman–Crippen LogP) is 4.58. The van der Waals surface area contributed by atoms with Crippen LogP contribution in [0.2, 0.25) is 0 Å². The summed E-state index contributed by atoms with van der Waals surface area (Å²) in [6.45, 7) is 12.9. The van der Waals surface area contributed by atoms with Gasteiger partial charge in [-0.25, -0.2) is 0 Å². The minimum Gasteiger partial charge on any atom is -0.0991 e. The van der Waals surface area contributed by atoms with Crippen LogP contribution in [0.5, 0.6) is 0 Å². The molecule has 0 aliphatic carbocycles. The van der Waals surface area contributed by atoms with E-state index in [1.807, 2.05) is 6.08 Å². The molecule has 0 aliphatic heterocycles. The van der Waals surface area contributed by atoms with Gasteiger partial charge in [0.25, 0.3) is 0 Å². The maximum Gasteiger partial charge on any atom is -0.0229 e. The Kier molecular flexibility index (Phi) is 6.66. The van der Waals surface area contributed by atoms with Gasteiger partial charge in [-0.2, -0.15) is 0 Å². The second-order valence-electron chi connectivity index (χ2n) is 4.20. The molecule has 76 valence electrons. The highest BCUT2D eigenvalue weighted by Crippen LogP contribution is 2.21. The molecule has 0 aromatic heterocycles. The molecule has 0 aromatic carbocycles. The molecular formula is C13H24. The van der Waals surface area contributed by atoms with Crippen LogP contribution in [0.1, 0.15) is 47.0 Å². The molecule has 0 aliphatic rings. The number of allylic oxidation sites excluding steroid dienone is 3. The Bertz CT molecular complexity index is 163. The van der Waals surface area contributed by atoms with E-state index in [0.717, 1.165) is 18.3 Å². The first kappa shape index (κ1) is 12.5. The second-order valence-corrected chi connectivity index (χ2v) is 4.20. The zero-order valence-corrected chi connectivity index (χ0v) is 9.64. The van der Waals surface area contributed by atoms with E-state index >= 15 is 0 Å². The van der Waals surface area contributed by atoms with Gasteiger partial charge in [0, 0.05) is 0 Å². The SMILES string of the molecule is C=CC=C(CC)C(C)CCC(C)C. The minimum absolute atomic E-state index is 0.727. The normalized spacial score (nSPS) is 14.7. The fraction of sp³-hybridized carbons (Fsp3) is 0.692. The highest BCUT2D eigenvalue weighted by atomic mass is 14.1. The van der Waals surface area contributed by atoms with Crippen molar-refractivity contribution in [2.45, 2.75) is 47.0 Å². The summed E-state index contributed by atoms with van der Waals surface area (Å²) in [5.74, 6) is 1.55. The summed E-state index contributed by atoms with van der Waals surface area (Å²) in [5, 5.41) is 0. The first-order valence-corrected chi connectivity index (χ1v) is 5.43. The summed E-state index contributed by atoms with van der Waals surface area (Å²) in [7, 11) is 0. The summed E-state index contributed by atoms with van der Waals surface area (Å²) < 4.78 is 0. The number of hydrogen-bond donors (Lipinski definition) is 0. The molecule has 0 radical (unpaired) electrons. The molecule has 1 unspecified atom stereocenters. The average molecular weight is 180 g/mol. The van der Waals surface area contributed by atoms with Crippen molar-refractivity contribution in [2.75, 3.05) is 0 Å². The predicted molar refractivity (Wildman–Crippen MR) is 61.8 cm³/mol. The summed E-state index contributed by atoms with van der Waals surface area (Å²) in [5.41, 5.74) is 1.54. The van der Waals surface area contributed by atoms with E-state index in [1.165, 1.54) is 18.4 Å². The van der Waals surface area contributed by atoms with Gasteiger partial charge in [0.2, 0.25) is 0 Å². The Labute approximate surface area is 83.7 Å². The highest BCUT2D eigenvalue weighted by molar-refractivity contribution is 5.12. The van der Waals surface area contributed by atoms with Gasteiger partial charge in [0.1, 0.15) is 0 Å². The van der Waals surface area contributed by atoms with Crippen LogP contribution >= 0.6 is 0 Å². The molecule has 0 spiro atoms. The van der Waals surface area contributed by atoms with Crippen molar-refractivity contribution in [3.05, 3.63) is 24.3 Å². The quantitative estimate of drug-likeness (QED) is 0.525. The average Bonchev–Trinajstić information content (AvgIpc) is 2.10. The summed E-state index contributed by atoms with van der Waals surface area (Å²) >= 11 is 0. The van der Waals surface area contributed by atoms with Crippen molar-refractivity contribution >= 4 is 0 Å². The van der Waals surface area contributed by atoms with Crippen LogP contribution in [-0.2, 0) is 0 Å². The van der Waals surface area contributed by atoms with Gasteiger partial charge in [0.15, 0.2) is 0 Å². The largest absolute Gasteiger partial charge is 0.0991 e. The Balaban J connectivity index is 3.98. The molecule has 0 aromatic rings. The van der Waals surface area contributed by atoms with Gasteiger partial charge in [0.05, 0.1) is 0 Å². The highest BCUT2D eigenvalue weighted by Gasteiger charge is 2.06. The minimum atomic E-state index is 0.727. The van der Waals surface area contributed by atoms with Crippen LogP contribution in [0.4, 0.5) is 0 Å². The molecule has 0 saturated carbocycles. The summed E-state index contributed by atoms with van der Waals surface area (Å²) in [6.07, 6.45) is 7.88. The lowest BCUT2D eigenvalue weighted by molar-refractivity contribution is 0.483. The lowest BCUT2D eigenvalue weighted by atomic mass is 9.91. The smallest absolute Gasteiger partial charge is 0.0229 e. The first-order chi connectivity index (χ1) is 6.11. The lowest BCUT2D eigenvalue weighted by Crippen LogP contribution is -2.01. The molecule has 0 heteroatoms. The third-order valence-electron chi connectivity index (χ3n) is 2.55. The van der Waals surface area contributed by atoms with Crippen LogP contribution in [-0.4, -0.2) is 0 Å². The van der Waals surface area contributed by atoms with Crippen molar-refractivity contribution in [1.82, 2.24) is 0 Å². The van der Waals surface area contributed by atoms with Gasteiger partial charge in [-0.05, 0) is 24.7 Å². The maximum absolute atomic E-state index is 3.75. The van der Waals surface area contributed by atoms with Crippen LogP contribution in [0, 0.1) is 11.8 Å². The van der Waals surface area contributed by atoms with Crippen molar-refractivity contribution in [3.8, 4) is 0 Å². The Hall–Kier alpha value is -0.520. The van der Waals surface area contributed by atoms with E-state index in [2.05, 4.69) is 40.3 Å². The first-order valence-electron chi connectivity index (χ1n) is 5.43. The fourth-order valence-electron chi connectivity index (χ4n) is 1.55. The monoisotopic (exact) mass is 180 g/mol. The van der Waals surface area contributed by atoms with Gasteiger partial charge < -0.3 is 0 Å². The van der Waals surface area contributed by atoms with Crippen molar-refractivity contribution in [1.29, 1.82) is 0 Å². The molecule has 0 rings (SSSR count). The van der Waals surface area contributed by atoms with Crippen LogP contribution in [0.15, 0.2) is 24.3 Å². The van der Waals surface area contributed by atoms with E-state index < -0.39 is 0 Å². The number of hydrogen-bond acceptors (Lipinski definition) is 0. The van der Waals surface area contributed by atoms with Crippen LogP contribution in [0.25, 0.3) is 0 Å². The molecule has 0 fully saturated rings. The Morgan fingerprint density at radius 2 is 1.85 bits per heavy atom. The van der Waals surface area contributed by atoms with Crippen molar-refractivity contribution < 1.29 is 0 Å². The van der Waals surface area contributed by atoms with Crippen molar-refractivity contribution in [2.24, 2.45) is 11.8 Å². The van der Waals surface area contributed by atoms with Gasteiger partial charge in [-0.3, -0.25) is 0 Å². The van der Waals surface area contributed by atoms with E-state index in [-0.39, 0.29) is 0 Å². The Morgan fingerprint density at radius 1 is 1.23 bits per heavy atom.